The molecule has 19 heavy (non-hydrogen) atoms. The molecule has 4 heteroatoms. The number of carbonyl (C=O) groups is 1. The molecule has 0 bridgehead atoms. The molecule has 0 aliphatic carbocycles. The second-order valence-corrected chi connectivity index (χ2v) is 4.93. The van der Waals surface area contributed by atoms with Gasteiger partial charge in [0.05, 0.1) is 20.3 Å². The number of morpholine rings is 1. The number of nitrogens with zero attached hydrogens (tertiary/aromatic N) is 1. The second-order valence-electron chi connectivity index (χ2n) is 4.93. The number of methoxy groups -OCH3 is 1. The van der Waals surface area contributed by atoms with Crippen LogP contribution in [-0.4, -0.2) is 44.2 Å². The standard InChI is InChI=1S/C15H21NO3/c1-10-9-13(11(2)12(3)14(10)18-4)15(17)16-5-7-19-8-6-16/h9H,5-8H2,1-4H3. The van der Waals surface area contributed by atoms with Crippen LogP contribution in [0.1, 0.15) is 27.0 Å². The number of hydrogen-bond acceptors (Lipinski definition) is 3. The van der Waals surface area contributed by atoms with E-state index in [9.17, 15) is 4.79 Å². The summed E-state index contributed by atoms with van der Waals surface area (Å²) in [6.07, 6.45) is 0. The predicted octanol–water partition coefficient (Wildman–Crippen LogP) is 2.09. The van der Waals surface area contributed by atoms with Crippen molar-refractivity contribution in [2.24, 2.45) is 0 Å². The van der Waals surface area contributed by atoms with Crippen LogP contribution < -0.4 is 4.74 Å². The molecule has 0 unspecified atom stereocenters. The van der Waals surface area contributed by atoms with Crippen LogP contribution in [0.4, 0.5) is 0 Å². The summed E-state index contributed by atoms with van der Waals surface area (Å²) in [6.45, 7) is 8.53. The van der Waals surface area contributed by atoms with Crippen LogP contribution >= 0.6 is 0 Å². The third kappa shape index (κ3) is 2.59. The quantitative estimate of drug-likeness (QED) is 0.820. The van der Waals surface area contributed by atoms with E-state index in [-0.39, 0.29) is 5.91 Å². The topological polar surface area (TPSA) is 38.8 Å². The average Bonchev–Trinajstić information content (AvgIpc) is 2.43. The highest BCUT2D eigenvalue weighted by Gasteiger charge is 2.22. The Balaban J connectivity index is 2.36. The molecular weight excluding hydrogens is 242 g/mol. The van der Waals surface area contributed by atoms with Crippen molar-refractivity contribution in [3.8, 4) is 5.75 Å². The molecule has 0 aromatic heterocycles. The largest absolute Gasteiger partial charge is 0.496 e. The number of hydrogen-bond donors (Lipinski definition) is 0. The van der Waals surface area contributed by atoms with Gasteiger partial charge in [0.15, 0.2) is 0 Å². The van der Waals surface area contributed by atoms with E-state index >= 15 is 0 Å². The smallest absolute Gasteiger partial charge is 0.254 e. The molecule has 1 aromatic rings. The van der Waals surface area contributed by atoms with Gasteiger partial charge in [0.2, 0.25) is 0 Å². The molecule has 104 valence electrons. The van der Waals surface area contributed by atoms with Crippen LogP contribution in [0.15, 0.2) is 6.07 Å². The first-order valence-electron chi connectivity index (χ1n) is 6.58. The van der Waals surface area contributed by atoms with E-state index in [1.807, 2.05) is 31.7 Å². The van der Waals surface area contributed by atoms with Crippen LogP contribution in [0.5, 0.6) is 5.75 Å². The van der Waals surface area contributed by atoms with Gasteiger partial charge in [-0.2, -0.15) is 0 Å². The Morgan fingerprint density at radius 1 is 1.21 bits per heavy atom. The number of aryl methyl sites for hydroxylation is 1. The van der Waals surface area contributed by atoms with Gasteiger partial charge >= 0.3 is 0 Å². The summed E-state index contributed by atoms with van der Waals surface area (Å²) in [6, 6.07) is 1.93. The predicted molar refractivity (Wildman–Crippen MR) is 73.9 cm³/mol. The first-order valence-corrected chi connectivity index (χ1v) is 6.58. The Morgan fingerprint density at radius 2 is 1.84 bits per heavy atom. The van der Waals surface area contributed by atoms with Crippen molar-refractivity contribution in [1.29, 1.82) is 0 Å². The molecule has 0 spiro atoms. The molecule has 1 heterocycles. The number of amides is 1. The molecule has 1 amide bonds. The fourth-order valence-corrected chi connectivity index (χ4v) is 2.53. The zero-order chi connectivity index (χ0) is 14.0. The van der Waals surface area contributed by atoms with Crippen molar-refractivity contribution in [3.05, 3.63) is 28.3 Å². The summed E-state index contributed by atoms with van der Waals surface area (Å²) >= 11 is 0. The number of rotatable bonds is 2. The van der Waals surface area contributed by atoms with Crippen molar-refractivity contribution < 1.29 is 14.3 Å². The Labute approximate surface area is 114 Å². The summed E-state index contributed by atoms with van der Waals surface area (Å²) in [5.41, 5.74) is 3.82. The van der Waals surface area contributed by atoms with Gasteiger partial charge in [0.1, 0.15) is 5.75 Å². The lowest BCUT2D eigenvalue weighted by Crippen LogP contribution is -2.41. The molecule has 2 rings (SSSR count). The van der Waals surface area contributed by atoms with Crippen molar-refractivity contribution >= 4 is 5.91 Å². The van der Waals surface area contributed by atoms with E-state index in [1.54, 1.807) is 7.11 Å². The molecule has 0 atom stereocenters. The molecule has 1 saturated heterocycles. The lowest BCUT2D eigenvalue weighted by Gasteiger charge is -2.28. The maximum absolute atomic E-state index is 12.6. The molecule has 0 radical (unpaired) electrons. The summed E-state index contributed by atoms with van der Waals surface area (Å²) < 4.78 is 10.7. The fraction of sp³-hybridized carbons (Fsp3) is 0.533. The highest BCUT2D eigenvalue weighted by molar-refractivity contribution is 5.96. The minimum atomic E-state index is 0.0923. The third-order valence-electron chi connectivity index (χ3n) is 3.76. The lowest BCUT2D eigenvalue weighted by atomic mass is 9.97. The Morgan fingerprint density at radius 3 is 2.42 bits per heavy atom. The highest BCUT2D eigenvalue weighted by Crippen LogP contribution is 2.29. The maximum Gasteiger partial charge on any atom is 0.254 e. The molecule has 1 aromatic carbocycles. The van der Waals surface area contributed by atoms with Crippen molar-refractivity contribution in [3.63, 3.8) is 0 Å². The van der Waals surface area contributed by atoms with Crippen LogP contribution in [0.2, 0.25) is 0 Å². The van der Waals surface area contributed by atoms with Gasteiger partial charge in [-0.1, -0.05) is 0 Å². The first-order chi connectivity index (χ1) is 9.06. The zero-order valence-corrected chi connectivity index (χ0v) is 12.1. The van der Waals surface area contributed by atoms with Crippen LogP contribution in [0.3, 0.4) is 0 Å². The molecular formula is C15H21NO3. The normalized spacial score (nSPS) is 15.5. The summed E-state index contributed by atoms with van der Waals surface area (Å²) in [5, 5.41) is 0. The maximum atomic E-state index is 12.6. The van der Waals surface area contributed by atoms with Crippen molar-refractivity contribution in [2.45, 2.75) is 20.8 Å². The Kier molecular flexibility index (Phi) is 4.10. The van der Waals surface area contributed by atoms with Crippen molar-refractivity contribution in [1.82, 2.24) is 4.90 Å². The molecule has 1 aliphatic rings. The average molecular weight is 263 g/mol. The van der Waals surface area contributed by atoms with E-state index in [4.69, 9.17) is 9.47 Å². The van der Waals surface area contributed by atoms with Gasteiger partial charge in [0.25, 0.3) is 5.91 Å². The van der Waals surface area contributed by atoms with Crippen LogP contribution in [0, 0.1) is 20.8 Å². The van der Waals surface area contributed by atoms with E-state index in [0.717, 1.165) is 28.0 Å². The zero-order valence-electron chi connectivity index (χ0n) is 12.1. The minimum Gasteiger partial charge on any atom is -0.496 e. The SMILES string of the molecule is COc1c(C)cc(C(=O)N2CCOCC2)c(C)c1C. The van der Waals surface area contributed by atoms with Gasteiger partial charge in [0, 0.05) is 18.7 Å². The number of benzene rings is 1. The molecule has 1 aliphatic heterocycles. The van der Waals surface area contributed by atoms with Gasteiger partial charge in [-0.25, -0.2) is 0 Å². The van der Waals surface area contributed by atoms with Gasteiger partial charge in [-0.05, 0) is 43.5 Å². The Bertz CT molecular complexity index is 491. The van der Waals surface area contributed by atoms with Crippen molar-refractivity contribution in [2.75, 3.05) is 33.4 Å². The highest BCUT2D eigenvalue weighted by atomic mass is 16.5. The third-order valence-corrected chi connectivity index (χ3v) is 3.76. The Hall–Kier alpha value is -1.55. The summed E-state index contributed by atoms with van der Waals surface area (Å²) in [4.78, 5) is 14.4. The van der Waals surface area contributed by atoms with Gasteiger partial charge in [-0.3, -0.25) is 4.79 Å². The summed E-state index contributed by atoms with van der Waals surface area (Å²) in [7, 11) is 1.66. The second kappa shape index (κ2) is 5.61. The monoisotopic (exact) mass is 263 g/mol. The number of carbonyl (C=O) groups excluding carboxylic acids is 1. The molecule has 0 saturated carbocycles. The van der Waals surface area contributed by atoms with E-state index in [2.05, 4.69) is 0 Å². The minimum absolute atomic E-state index is 0.0923. The lowest BCUT2D eigenvalue weighted by molar-refractivity contribution is 0.0302. The fourth-order valence-electron chi connectivity index (χ4n) is 2.53. The molecule has 0 N–H and O–H groups in total. The van der Waals surface area contributed by atoms with Crippen LogP contribution in [0.25, 0.3) is 0 Å². The van der Waals surface area contributed by atoms with E-state index in [1.165, 1.54) is 0 Å². The van der Waals surface area contributed by atoms with E-state index in [0.29, 0.717) is 26.3 Å². The molecule has 1 fully saturated rings. The van der Waals surface area contributed by atoms with E-state index < -0.39 is 0 Å². The number of ether oxygens (including phenoxy) is 2. The van der Waals surface area contributed by atoms with Gasteiger partial charge in [-0.15, -0.1) is 0 Å². The van der Waals surface area contributed by atoms with Gasteiger partial charge < -0.3 is 14.4 Å². The van der Waals surface area contributed by atoms with Crippen LogP contribution in [-0.2, 0) is 4.74 Å². The first kappa shape index (κ1) is 13.9. The molecule has 4 nitrogen and oxygen atoms in total. The summed E-state index contributed by atoms with van der Waals surface area (Å²) in [5.74, 6) is 0.964.